The van der Waals surface area contributed by atoms with Gasteiger partial charge in [-0.3, -0.25) is 19.0 Å². The smallest absolute Gasteiger partial charge is 0.274 e. The summed E-state index contributed by atoms with van der Waals surface area (Å²) >= 11 is 3.30. The second-order valence-corrected chi connectivity index (χ2v) is 6.46. The second-order valence-electron chi connectivity index (χ2n) is 5.55. The molecule has 0 saturated heterocycles. The number of aromatic nitrogens is 4. The molecule has 0 aliphatic carbocycles. The van der Waals surface area contributed by atoms with Gasteiger partial charge in [-0.05, 0) is 28.1 Å². The maximum Gasteiger partial charge on any atom is 0.274 e. The fourth-order valence-electron chi connectivity index (χ4n) is 2.30. The summed E-state index contributed by atoms with van der Waals surface area (Å²) < 4.78 is 9.15. The van der Waals surface area contributed by atoms with Crippen LogP contribution >= 0.6 is 15.9 Å². The first-order valence-corrected chi connectivity index (χ1v) is 8.62. The van der Waals surface area contributed by atoms with Gasteiger partial charge < -0.3 is 15.1 Å². The number of nitrogens with zero attached hydrogens (tertiary/aromatic N) is 4. The molecular formula is C16H17BrN6O3. The molecule has 0 radical (unpaired) electrons. The zero-order valence-electron chi connectivity index (χ0n) is 14.0. The number of halogens is 1. The summed E-state index contributed by atoms with van der Waals surface area (Å²) in [4.78, 5) is 24.5. The first-order chi connectivity index (χ1) is 12.5. The normalized spacial score (nSPS) is 10.7. The number of hydrogen-bond acceptors (Lipinski definition) is 5. The summed E-state index contributed by atoms with van der Waals surface area (Å²) in [5, 5.41) is 13.6. The van der Waals surface area contributed by atoms with Crippen LogP contribution in [0.1, 0.15) is 22.7 Å². The van der Waals surface area contributed by atoms with Crippen LogP contribution in [0.15, 0.2) is 45.9 Å². The lowest BCUT2D eigenvalue weighted by atomic mass is 10.3. The summed E-state index contributed by atoms with van der Waals surface area (Å²) in [5.74, 6) is 0.00302. The molecule has 3 heterocycles. The molecule has 0 unspecified atom stereocenters. The van der Waals surface area contributed by atoms with Gasteiger partial charge in [0.05, 0.1) is 29.2 Å². The largest absolute Gasteiger partial charge is 0.467 e. The van der Waals surface area contributed by atoms with Crippen LogP contribution in [0, 0.1) is 0 Å². The molecule has 0 atom stereocenters. The minimum atomic E-state index is -0.395. The standard InChI is InChI=1S/C16H17BrN6O3/c1-22-10-13(20-14(24)4-5-23-9-11(17)7-19-23)15(21-22)16(25)18-8-12-3-2-6-26-12/h2-3,6-7,9-10H,4-5,8H2,1H3,(H,18,25)(H,20,24). The van der Waals surface area contributed by atoms with Crippen LogP contribution in [0.4, 0.5) is 5.69 Å². The van der Waals surface area contributed by atoms with Gasteiger partial charge in [-0.15, -0.1) is 0 Å². The molecular weight excluding hydrogens is 404 g/mol. The Morgan fingerprint density at radius 2 is 2.19 bits per heavy atom. The molecule has 0 spiro atoms. The fourth-order valence-corrected chi connectivity index (χ4v) is 2.63. The summed E-state index contributed by atoms with van der Waals surface area (Å²) in [5.41, 5.74) is 0.505. The van der Waals surface area contributed by atoms with Crippen LogP contribution in [0.25, 0.3) is 0 Å². The van der Waals surface area contributed by atoms with Crippen molar-refractivity contribution in [1.29, 1.82) is 0 Å². The monoisotopic (exact) mass is 420 g/mol. The Hall–Kier alpha value is -2.88. The van der Waals surface area contributed by atoms with E-state index in [0.29, 0.717) is 18.0 Å². The Kier molecular flexibility index (Phi) is 5.52. The summed E-state index contributed by atoms with van der Waals surface area (Å²) in [6.07, 6.45) is 6.78. The van der Waals surface area contributed by atoms with E-state index in [0.717, 1.165) is 4.47 Å². The van der Waals surface area contributed by atoms with E-state index >= 15 is 0 Å². The number of amides is 2. The molecule has 0 fully saturated rings. The molecule has 2 N–H and O–H groups in total. The summed E-state index contributed by atoms with van der Waals surface area (Å²) in [7, 11) is 1.68. The SMILES string of the molecule is Cn1cc(NC(=O)CCn2cc(Br)cn2)c(C(=O)NCc2ccco2)n1. The van der Waals surface area contributed by atoms with Gasteiger partial charge >= 0.3 is 0 Å². The third-order valence-electron chi connectivity index (χ3n) is 3.49. The summed E-state index contributed by atoms with van der Waals surface area (Å²) in [6.45, 7) is 0.668. The number of carbonyl (C=O) groups is 2. The van der Waals surface area contributed by atoms with Gasteiger partial charge in [-0.25, -0.2) is 0 Å². The van der Waals surface area contributed by atoms with Crippen molar-refractivity contribution in [3.05, 3.63) is 52.9 Å². The van der Waals surface area contributed by atoms with Crippen LogP contribution in [0.2, 0.25) is 0 Å². The van der Waals surface area contributed by atoms with E-state index in [-0.39, 0.29) is 24.6 Å². The lowest BCUT2D eigenvalue weighted by Gasteiger charge is -2.06. The molecule has 3 rings (SSSR count). The lowest BCUT2D eigenvalue weighted by molar-refractivity contribution is -0.116. The van der Waals surface area contributed by atoms with Crippen molar-refractivity contribution in [3.8, 4) is 0 Å². The van der Waals surface area contributed by atoms with E-state index in [9.17, 15) is 9.59 Å². The Morgan fingerprint density at radius 3 is 2.88 bits per heavy atom. The molecule has 0 aromatic carbocycles. The second kappa shape index (κ2) is 8.00. The highest BCUT2D eigenvalue weighted by molar-refractivity contribution is 9.10. The van der Waals surface area contributed by atoms with Crippen molar-refractivity contribution < 1.29 is 14.0 Å². The van der Waals surface area contributed by atoms with Crippen LogP contribution in [-0.2, 0) is 24.9 Å². The average Bonchev–Trinajstić information content (AvgIpc) is 3.33. The van der Waals surface area contributed by atoms with Crippen molar-refractivity contribution in [2.24, 2.45) is 7.05 Å². The van der Waals surface area contributed by atoms with Gasteiger partial charge in [0.2, 0.25) is 5.91 Å². The lowest BCUT2D eigenvalue weighted by Crippen LogP contribution is -2.25. The third kappa shape index (κ3) is 4.60. The molecule has 2 amide bonds. The quantitative estimate of drug-likeness (QED) is 0.607. The van der Waals surface area contributed by atoms with Gasteiger partial charge in [0.1, 0.15) is 5.76 Å². The molecule has 9 nitrogen and oxygen atoms in total. The maximum atomic E-state index is 12.3. The maximum absolute atomic E-state index is 12.3. The van der Waals surface area contributed by atoms with Gasteiger partial charge in [0.15, 0.2) is 5.69 Å². The highest BCUT2D eigenvalue weighted by Crippen LogP contribution is 2.14. The zero-order valence-corrected chi connectivity index (χ0v) is 15.6. The van der Waals surface area contributed by atoms with Gasteiger partial charge in [-0.1, -0.05) is 0 Å². The Morgan fingerprint density at radius 1 is 1.35 bits per heavy atom. The predicted molar refractivity (Wildman–Crippen MR) is 96.3 cm³/mol. The van der Waals surface area contributed by atoms with Gasteiger partial charge in [-0.2, -0.15) is 10.2 Å². The number of anilines is 1. The fraction of sp³-hybridized carbons (Fsp3) is 0.250. The minimum absolute atomic E-state index is 0.147. The third-order valence-corrected chi connectivity index (χ3v) is 3.90. The van der Waals surface area contributed by atoms with E-state index in [2.05, 4.69) is 36.8 Å². The molecule has 3 aromatic rings. The highest BCUT2D eigenvalue weighted by atomic mass is 79.9. The Balaban J connectivity index is 1.58. The summed E-state index contributed by atoms with van der Waals surface area (Å²) in [6, 6.07) is 3.50. The number of nitrogens with one attached hydrogen (secondary N) is 2. The Bertz CT molecular complexity index is 899. The molecule has 3 aromatic heterocycles. The first kappa shape index (κ1) is 17.9. The first-order valence-electron chi connectivity index (χ1n) is 7.83. The Labute approximate surface area is 157 Å². The van der Waals surface area contributed by atoms with Crippen molar-refractivity contribution >= 4 is 33.4 Å². The molecule has 0 saturated carbocycles. The van der Waals surface area contributed by atoms with Crippen LogP contribution in [-0.4, -0.2) is 31.4 Å². The van der Waals surface area contributed by atoms with Gasteiger partial charge in [0.25, 0.3) is 5.91 Å². The predicted octanol–water partition coefficient (Wildman–Crippen LogP) is 1.93. The van der Waals surface area contributed by atoms with Crippen molar-refractivity contribution in [2.45, 2.75) is 19.5 Å². The van der Waals surface area contributed by atoms with Crippen LogP contribution in [0.5, 0.6) is 0 Å². The van der Waals surface area contributed by atoms with Crippen molar-refractivity contribution in [3.63, 3.8) is 0 Å². The number of rotatable bonds is 7. The average molecular weight is 421 g/mol. The van der Waals surface area contributed by atoms with Gasteiger partial charge in [0, 0.05) is 32.4 Å². The molecule has 0 bridgehead atoms. The number of hydrogen-bond donors (Lipinski definition) is 2. The van der Waals surface area contributed by atoms with Crippen LogP contribution in [0.3, 0.4) is 0 Å². The van der Waals surface area contributed by atoms with E-state index in [1.165, 1.54) is 10.9 Å². The molecule has 136 valence electrons. The number of carbonyl (C=O) groups excluding carboxylic acids is 2. The molecule has 0 aliphatic heterocycles. The highest BCUT2D eigenvalue weighted by Gasteiger charge is 2.18. The van der Waals surface area contributed by atoms with Crippen molar-refractivity contribution in [1.82, 2.24) is 24.9 Å². The number of furan rings is 1. The zero-order chi connectivity index (χ0) is 18.5. The van der Waals surface area contributed by atoms with Crippen LogP contribution < -0.4 is 10.6 Å². The van der Waals surface area contributed by atoms with E-state index in [1.54, 1.807) is 42.5 Å². The molecule has 26 heavy (non-hydrogen) atoms. The minimum Gasteiger partial charge on any atom is -0.467 e. The van der Waals surface area contributed by atoms with E-state index < -0.39 is 5.91 Å². The van der Waals surface area contributed by atoms with Crippen molar-refractivity contribution in [2.75, 3.05) is 5.32 Å². The molecule has 0 aliphatic rings. The van der Waals surface area contributed by atoms with E-state index in [4.69, 9.17) is 4.42 Å². The van der Waals surface area contributed by atoms with E-state index in [1.807, 2.05) is 0 Å². The topological polar surface area (TPSA) is 107 Å². The number of aryl methyl sites for hydroxylation is 2. The molecule has 10 heteroatoms.